The summed E-state index contributed by atoms with van der Waals surface area (Å²) in [5.41, 5.74) is 1.99. The Hall–Kier alpha value is -1.36. The molecule has 5 nitrogen and oxygen atoms in total. The largest absolute Gasteiger partial charge is 0.417 e. The summed E-state index contributed by atoms with van der Waals surface area (Å²) in [6.07, 6.45) is 3.07. The number of ether oxygens (including phenoxy) is 1. The highest BCUT2D eigenvalue weighted by Crippen LogP contribution is 2.48. The van der Waals surface area contributed by atoms with Crippen LogP contribution in [0.2, 0.25) is 54.4 Å². The van der Waals surface area contributed by atoms with Crippen LogP contribution >= 0.6 is 7.14 Å². The van der Waals surface area contributed by atoms with E-state index >= 15 is 4.57 Å². The average Bonchev–Trinajstić information content (AvgIpc) is 3.01. The molecule has 0 bridgehead atoms. The van der Waals surface area contributed by atoms with Crippen molar-refractivity contribution < 1.29 is 22.6 Å². The minimum absolute atomic E-state index is 0.00549. The molecule has 0 aliphatic heterocycles. The number of hydrogen-bond donors (Lipinski definition) is 0. The van der Waals surface area contributed by atoms with Crippen LogP contribution in [0.3, 0.4) is 0 Å². The molecule has 1 fully saturated rings. The highest BCUT2D eigenvalue weighted by Gasteiger charge is 2.50. The summed E-state index contributed by atoms with van der Waals surface area (Å²) in [5, 5.41) is 1.87. The van der Waals surface area contributed by atoms with Gasteiger partial charge in [0.2, 0.25) is 0 Å². The van der Waals surface area contributed by atoms with Gasteiger partial charge in [0.25, 0.3) is 0 Å². The second kappa shape index (κ2) is 16.6. The van der Waals surface area contributed by atoms with Crippen LogP contribution in [-0.2, 0) is 22.6 Å². The minimum Gasteiger partial charge on any atom is -0.417 e. The lowest BCUT2D eigenvalue weighted by atomic mass is 9.84. The van der Waals surface area contributed by atoms with E-state index in [9.17, 15) is 0 Å². The SMILES string of the molecule is C=C1/C(=C\CP(=O)(c2ccccc2)c2ccccc2)C[C@@H](OCCCO[Si](C)(C)C(C)(C)C)[C@@H](O[Si](C)(C)C(C)(C)C)[C@@H]1O[Si](C)(C)C(C)(C)C. The van der Waals surface area contributed by atoms with Crippen LogP contribution < -0.4 is 10.6 Å². The molecule has 1 aliphatic carbocycles. The normalized spacial score (nSPS) is 21.0. The third-order valence-corrected chi connectivity index (χ3v) is 28.6. The van der Waals surface area contributed by atoms with E-state index in [1.165, 1.54) is 0 Å². The van der Waals surface area contributed by atoms with E-state index in [2.05, 4.69) is 108 Å². The lowest BCUT2D eigenvalue weighted by Gasteiger charge is -2.50. The third-order valence-electron chi connectivity index (χ3n) is 12.1. The number of benzene rings is 2. The van der Waals surface area contributed by atoms with Crippen molar-refractivity contribution in [2.45, 2.75) is 148 Å². The molecule has 0 heterocycles. The molecule has 51 heavy (non-hydrogen) atoms. The van der Waals surface area contributed by atoms with Crippen LogP contribution in [0, 0.1) is 0 Å². The molecule has 0 aromatic heterocycles. The maximum absolute atomic E-state index is 15.1. The fourth-order valence-electron chi connectivity index (χ4n) is 5.47. The van der Waals surface area contributed by atoms with Gasteiger partial charge in [0.05, 0.1) is 12.2 Å². The standard InChI is InChI=1S/C42H71O5PSi3/c1-33-34(28-31-48(43,35-24-19-17-20-25-35)36-26-21-18-22-27-36)32-37(44-29-23-30-45-49(11,12)40(2,3)4)39(47-51(15,16)42(8,9)10)38(33)46-50(13,14)41(5,6)7/h17-22,24-28,37-39H,1,23,29-32H2,2-16H3/b34-28-/t37-,38-,39-/m1/s1. The highest BCUT2D eigenvalue weighted by atomic mass is 31.2. The molecule has 9 heteroatoms. The molecule has 0 unspecified atom stereocenters. The Morgan fingerprint density at radius 1 is 0.706 bits per heavy atom. The van der Waals surface area contributed by atoms with E-state index in [-0.39, 0.29) is 33.4 Å². The lowest BCUT2D eigenvalue weighted by Crippen LogP contribution is -2.58. The van der Waals surface area contributed by atoms with Gasteiger partial charge in [-0.2, -0.15) is 0 Å². The average molecular weight is 771 g/mol. The van der Waals surface area contributed by atoms with Gasteiger partial charge in [-0.15, -0.1) is 0 Å². The maximum atomic E-state index is 15.1. The van der Waals surface area contributed by atoms with Crippen molar-refractivity contribution in [3.05, 3.63) is 84.5 Å². The summed E-state index contributed by atoms with van der Waals surface area (Å²) in [6.45, 7) is 40.3. The summed E-state index contributed by atoms with van der Waals surface area (Å²) in [5.74, 6) is 0. The Morgan fingerprint density at radius 3 is 1.61 bits per heavy atom. The summed E-state index contributed by atoms with van der Waals surface area (Å²) in [4.78, 5) is 0. The zero-order chi connectivity index (χ0) is 38.7. The minimum atomic E-state index is -2.98. The first-order chi connectivity index (χ1) is 23.2. The van der Waals surface area contributed by atoms with Gasteiger partial charge in [-0.1, -0.05) is 136 Å². The molecule has 0 amide bonds. The monoisotopic (exact) mass is 770 g/mol. The van der Waals surface area contributed by atoms with Gasteiger partial charge in [0.1, 0.15) is 13.2 Å². The van der Waals surface area contributed by atoms with Crippen molar-refractivity contribution >= 4 is 42.7 Å². The van der Waals surface area contributed by atoms with Gasteiger partial charge < -0.3 is 22.6 Å². The molecule has 2 aromatic carbocycles. The van der Waals surface area contributed by atoms with Gasteiger partial charge in [0, 0.05) is 36.4 Å². The van der Waals surface area contributed by atoms with Crippen molar-refractivity contribution in [3.8, 4) is 0 Å². The third kappa shape index (κ3) is 10.9. The molecular formula is C42H71O5PSi3. The van der Waals surface area contributed by atoms with E-state index in [1.807, 2.05) is 60.7 Å². The fourth-order valence-corrected chi connectivity index (χ4v) is 11.6. The molecular weight excluding hydrogens is 700 g/mol. The zero-order valence-corrected chi connectivity index (χ0v) is 38.7. The summed E-state index contributed by atoms with van der Waals surface area (Å²) in [6, 6.07) is 19.8. The number of rotatable bonds is 14. The van der Waals surface area contributed by atoms with Crippen molar-refractivity contribution in [1.29, 1.82) is 0 Å². The topological polar surface area (TPSA) is 54.0 Å². The Bertz CT molecular complexity index is 1470. The Morgan fingerprint density at radius 2 is 1.16 bits per heavy atom. The van der Waals surface area contributed by atoms with Crippen molar-refractivity contribution in [2.24, 2.45) is 0 Å². The molecule has 3 atom stereocenters. The summed E-state index contributed by atoms with van der Waals surface area (Å²) in [7, 11) is -9.38. The fraction of sp³-hybridized carbons (Fsp3) is 0.619. The molecule has 1 aliphatic rings. The first kappa shape index (κ1) is 44.0. The summed E-state index contributed by atoms with van der Waals surface area (Å²) < 4.78 is 43.1. The summed E-state index contributed by atoms with van der Waals surface area (Å²) >= 11 is 0. The maximum Gasteiger partial charge on any atom is 0.193 e. The number of hydrogen-bond acceptors (Lipinski definition) is 5. The van der Waals surface area contributed by atoms with Crippen LogP contribution in [-0.4, -0.2) is 62.6 Å². The Kier molecular flexibility index (Phi) is 14.3. The molecule has 1 saturated carbocycles. The highest BCUT2D eigenvalue weighted by molar-refractivity contribution is 7.78. The Balaban J connectivity index is 2.07. The second-order valence-electron chi connectivity index (χ2n) is 19.1. The predicted molar refractivity (Wildman–Crippen MR) is 228 cm³/mol. The van der Waals surface area contributed by atoms with Crippen LogP contribution in [0.1, 0.15) is 75.2 Å². The molecule has 2 aromatic rings. The molecule has 0 radical (unpaired) electrons. The Labute approximate surface area is 315 Å². The molecule has 0 saturated heterocycles. The lowest BCUT2D eigenvalue weighted by molar-refractivity contribution is -0.0782. The quantitative estimate of drug-likeness (QED) is 0.109. The van der Waals surface area contributed by atoms with E-state index in [1.54, 1.807) is 0 Å². The molecule has 3 rings (SSSR count). The van der Waals surface area contributed by atoms with Gasteiger partial charge in [-0.25, -0.2) is 0 Å². The second-order valence-corrected chi connectivity index (χ2v) is 36.3. The van der Waals surface area contributed by atoms with Gasteiger partial charge in [-0.05, 0) is 72.0 Å². The van der Waals surface area contributed by atoms with Crippen LogP contribution in [0.4, 0.5) is 0 Å². The smallest absolute Gasteiger partial charge is 0.193 e. The first-order valence-electron chi connectivity index (χ1n) is 18.9. The predicted octanol–water partition coefficient (Wildman–Crippen LogP) is 11.5. The zero-order valence-electron chi connectivity index (χ0n) is 34.8. The van der Waals surface area contributed by atoms with Crippen molar-refractivity contribution in [3.63, 3.8) is 0 Å². The van der Waals surface area contributed by atoms with E-state index in [0.29, 0.717) is 25.8 Å². The van der Waals surface area contributed by atoms with E-state index in [0.717, 1.165) is 28.2 Å². The molecule has 0 spiro atoms. The van der Waals surface area contributed by atoms with Gasteiger partial charge >= 0.3 is 0 Å². The van der Waals surface area contributed by atoms with Crippen LogP contribution in [0.25, 0.3) is 0 Å². The van der Waals surface area contributed by atoms with Gasteiger partial charge in [0.15, 0.2) is 25.0 Å². The van der Waals surface area contributed by atoms with Gasteiger partial charge in [-0.3, -0.25) is 0 Å². The number of allylic oxidation sites excluding steroid dienone is 1. The molecule has 286 valence electrons. The van der Waals surface area contributed by atoms with Crippen molar-refractivity contribution in [2.75, 3.05) is 19.4 Å². The first-order valence-corrected chi connectivity index (χ1v) is 29.5. The molecule has 0 N–H and O–H groups in total. The van der Waals surface area contributed by atoms with Crippen molar-refractivity contribution in [1.82, 2.24) is 0 Å². The van der Waals surface area contributed by atoms with Crippen LogP contribution in [0.5, 0.6) is 0 Å². The van der Waals surface area contributed by atoms with E-state index < -0.39 is 32.1 Å². The van der Waals surface area contributed by atoms with E-state index in [4.69, 9.17) is 24.6 Å². The van der Waals surface area contributed by atoms with Crippen LogP contribution in [0.15, 0.2) is 84.5 Å².